The molecule has 1 atom stereocenters. The van der Waals surface area contributed by atoms with Crippen molar-refractivity contribution in [2.24, 2.45) is 5.41 Å². The fourth-order valence-electron chi connectivity index (χ4n) is 3.53. The molecule has 0 spiro atoms. The molecule has 0 radical (unpaired) electrons. The Morgan fingerprint density at radius 2 is 1.90 bits per heavy atom. The molecule has 1 aliphatic carbocycles. The molecule has 1 N–H and O–H groups in total. The van der Waals surface area contributed by atoms with Crippen molar-refractivity contribution in [3.05, 3.63) is 42.2 Å². The lowest BCUT2D eigenvalue weighted by Gasteiger charge is -2.33. The van der Waals surface area contributed by atoms with Crippen LogP contribution in [0.15, 0.2) is 36.5 Å². The van der Waals surface area contributed by atoms with Crippen molar-refractivity contribution in [3.63, 3.8) is 0 Å². The molecule has 1 unspecified atom stereocenters. The topological polar surface area (TPSA) is 42.7 Å². The molecule has 1 saturated carbocycles. The highest BCUT2D eigenvalue weighted by Crippen LogP contribution is 2.47. The van der Waals surface area contributed by atoms with Crippen molar-refractivity contribution in [2.75, 3.05) is 7.05 Å². The second-order valence-corrected chi connectivity index (χ2v) is 5.99. The molecule has 1 fully saturated rings. The molecule has 106 valence electrons. The van der Waals surface area contributed by atoms with E-state index in [1.54, 1.807) is 0 Å². The van der Waals surface area contributed by atoms with Gasteiger partial charge in [0.25, 0.3) is 0 Å². The predicted molar refractivity (Wildman–Crippen MR) is 79.7 cm³/mol. The van der Waals surface area contributed by atoms with Crippen molar-refractivity contribution in [1.29, 1.82) is 0 Å². The monoisotopic (exact) mass is 270 g/mol. The van der Waals surface area contributed by atoms with Gasteiger partial charge in [-0.25, -0.2) is 4.68 Å². The normalized spacial score (nSPS) is 19.1. The number of benzene rings is 1. The van der Waals surface area contributed by atoms with E-state index >= 15 is 0 Å². The number of aromatic nitrogens is 3. The van der Waals surface area contributed by atoms with Crippen molar-refractivity contribution in [1.82, 2.24) is 20.3 Å². The van der Waals surface area contributed by atoms with Crippen LogP contribution in [0.5, 0.6) is 0 Å². The molecule has 4 nitrogen and oxygen atoms in total. The summed E-state index contributed by atoms with van der Waals surface area (Å²) >= 11 is 0. The van der Waals surface area contributed by atoms with Gasteiger partial charge in [0.15, 0.2) is 0 Å². The molecular formula is C16H22N4. The van der Waals surface area contributed by atoms with Crippen LogP contribution in [0.3, 0.4) is 0 Å². The fraction of sp³-hybridized carbons (Fsp3) is 0.500. The molecule has 1 heterocycles. The Hall–Kier alpha value is -1.68. The zero-order valence-corrected chi connectivity index (χ0v) is 12.2. The van der Waals surface area contributed by atoms with E-state index in [4.69, 9.17) is 0 Å². The van der Waals surface area contributed by atoms with Gasteiger partial charge in [-0.2, -0.15) is 0 Å². The average Bonchev–Trinajstić information content (AvgIpc) is 3.11. The number of hydrogen-bond acceptors (Lipinski definition) is 3. The molecule has 0 saturated heterocycles. The smallest absolute Gasteiger partial charge is 0.0820 e. The summed E-state index contributed by atoms with van der Waals surface area (Å²) in [5, 5.41) is 11.9. The number of hydrogen-bond donors (Lipinski definition) is 1. The van der Waals surface area contributed by atoms with Crippen LogP contribution >= 0.6 is 0 Å². The first kappa shape index (κ1) is 13.3. The van der Waals surface area contributed by atoms with Gasteiger partial charge in [-0.1, -0.05) is 43.2 Å². The first-order valence-electron chi connectivity index (χ1n) is 7.38. The molecule has 1 aromatic heterocycles. The van der Waals surface area contributed by atoms with Gasteiger partial charge in [0.1, 0.15) is 0 Å². The molecule has 1 aliphatic rings. The molecule has 0 bridgehead atoms. The largest absolute Gasteiger partial charge is 0.311 e. The SMILES string of the molecule is CNC(c1cnnn1-c1ccccc1)C1(C)CCCC1. The van der Waals surface area contributed by atoms with Crippen molar-refractivity contribution in [3.8, 4) is 5.69 Å². The average molecular weight is 270 g/mol. The van der Waals surface area contributed by atoms with Crippen LogP contribution in [0, 0.1) is 5.41 Å². The van der Waals surface area contributed by atoms with E-state index in [1.807, 2.05) is 36.1 Å². The van der Waals surface area contributed by atoms with Gasteiger partial charge in [0, 0.05) is 0 Å². The van der Waals surface area contributed by atoms with Crippen LogP contribution in [0.2, 0.25) is 0 Å². The second-order valence-electron chi connectivity index (χ2n) is 5.99. The minimum absolute atomic E-state index is 0.292. The Morgan fingerprint density at radius 1 is 1.20 bits per heavy atom. The summed E-state index contributed by atoms with van der Waals surface area (Å²) in [6, 6.07) is 10.5. The summed E-state index contributed by atoms with van der Waals surface area (Å²) in [4.78, 5) is 0. The Labute approximate surface area is 120 Å². The third kappa shape index (κ3) is 2.24. The third-order valence-electron chi connectivity index (χ3n) is 4.60. The summed E-state index contributed by atoms with van der Waals surface area (Å²) in [5.74, 6) is 0. The molecule has 4 heteroatoms. The van der Waals surface area contributed by atoms with E-state index in [1.165, 1.54) is 25.7 Å². The van der Waals surface area contributed by atoms with Crippen LogP contribution in [-0.2, 0) is 0 Å². The Bertz CT molecular complexity index is 555. The maximum Gasteiger partial charge on any atom is 0.0820 e. The van der Waals surface area contributed by atoms with Gasteiger partial charge in [-0.15, -0.1) is 5.10 Å². The Balaban J connectivity index is 2.00. The highest BCUT2D eigenvalue weighted by molar-refractivity contribution is 5.32. The van der Waals surface area contributed by atoms with E-state index in [-0.39, 0.29) is 0 Å². The summed E-state index contributed by atoms with van der Waals surface area (Å²) in [5.41, 5.74) is 2.52. The maximum atomic E-state index is 4.28. The quantitative estimate of drug-likeness (QED) is 0.928. The predicted octanol–water partition coefficient (Wildman–Crippen LogP) is 3.11. The van der Waals surface area contributed by atoms with Gasteiger partial charge in [0.2, 0.25) is 0 Å². The van der Waals surface area contributed by atoms with Crippen LogP contribution in [-0.4, -0.2) is 22.0 Å². The molecule has 1 aromatic carbocycles. The molecule has 3 rings (SSSR count). The third-order valence-corrected chi connectivity index (χ3v) is 4.60. The van der Waals surface area contributed by atoms with E-state index in [9.17, 15) is 0 Å². The lowest BCUT2D eigenvalue weighted by atomic mass is 9.79. The van der Waals surface area contributed by atoms with E-state index in [2.05, 4.69) is 34.7 Å². The summed E-state index contributed by atoms with van der Waals surface area (Å²) in [6.45, 7) is 2.38. The van der Waals surface area contributed by atoms with Crippen molar-refractivity contribution in [2.45, 2.75) is 38.6 Å². The molecular weight excluding hydrogens is 248 g/mol. The zero-order valence-electron chi connectivity index (χ0n) is 12.2. The molecule has 0 amide bonds. The molecule has 0 aliphatic heterocycles. The van der Waals surface area contributed by atoms with Gasteiger partial charge in [-0.3, -0.25) is 0 Å². The summed E-state index contributed by atoms with van der Waals surface area (Å²) in [7, 11) is 2.04. The van der Waals surface area contributed by atoms with Crippen molar-refractivity contribution >= 4 is 0 Å². The second kappa shape index (κ2) is 5.37. The van der Waals surface area contributed by atoms with Gasteiger partial charge in [0.05, 0.1) is 23.6 Å². The van der Waals surface area contributed by atoms with Crippen LogP contribution in [0.1, 0.15) is 44.3 Å². The molecule has 2 aromatic rings. The van der Waals surface area contributed by atoms with Gasteiger partial charge >= 0.3 is 0 Å². The van der Waals surface area contributed by atoms with Gasteiger partial charge < -0.3 is 5.32 Å². The first-order chi connectivity index (χ1) is 9.74. The number of rotatable bonds is 4. The molecule has 20 heavy (non-hydrogen) atoms. The number of para-hydroxylation sites is 1. The van der Waals surface area contributed by atoms with E-state index < -0.39 is 0 Å². The lowest BCUT2D eigenvalue weighted by molar-refractivity contribution is 0.226. The zero-order chi connectivity index (χ0) is 14.0. The first-order valence-corrected chi connectivity index (χ1v) is 7.38. The fourth-order valence-corrected chi connectivity index (χ4v) is 3.53. The lowest BCUT2D eigenvalue weighted by Crippen LogP contribution is -2.33. The van der Waals surface area contributed by atoms with Crippen LogP contribution in [0.25, 0.3) is 5.69 Å². The minimum Gasteiger partial charge on any atom is -0.311 e. The summed E-state index contributed by atoms with van der Waals surface area (Å²) < 4.78 is 1.96. The summed E-state index contributed by atoms with van der Waals surface area (Å²) in [6.07, 6.45) is 7.07. The van der Waals surface area contributed by atoms with Crippen LogP contribution < -0.4 is 5.32 Å². The minimum atomic E-state index is 0.292. The van der Waals surface area contributed by atoms with Crippen LogP contribution in [0.4, 0.5) is 0 Å². The highest BCUT2D eigenvalue weighted by Gasteiger charge is 2.39. The van der Waals surface area contributed by atoms with E-state index in [0.29, 0.717) is 11.5 Å². The Kier molecular flexibility index (Phi) is 3.57. The standard InChI is InChI=1S/C16H22N4/c1-16(10-6-7-11-16)15(17-2)14-12-18-19-20(14)13-8-4-3-5-9-13/h3-5,8-9,12,15,17H,6-7,10-11H2,1-2H3. The number of nitrogens with zero attached hydrogens (tertiary/aromatic N) is 3. The Morgan fingerprint density at radius 3 is 2.55 bits per heavy atom. The van der Waals surface area contributed by atoms with E-state index in [0.717, 1.165) is 11.4 Å². The maximum absolute atomic E-state index is 4.28. The van der Waals surface area contributed by atoms with Gasteiger partial charge in [-0.05, 0) is 37.4 Å². The van der Waals surface area contributed by atoms with Crippen molar-refractivity contribution < 1.29 is 0 Å². The highest BCUT2D eigenvalue weighted by atomic mass is 15.4. The number of nitrogens with one attached hydrogen (secondary N) is 1.